The summed E-state index contributed by atoms with van der Waals surface area (Å²) in [5.74, 6) is -3.32. The molecule has 11 heteroatoms. The molecule has 0 bridgehead atoms. The van der Waals surface area contributed by atoms with Crippen LogP contribution in [0.4, 0.5) is 5.69 Å². The van der Waals surface area contributed by atoms with Crippen LogP contribution in [0.1, 0.15) is 57.1 Å². The molecule has 31 heavy (non-hydrogen) atoms. The van der Waals surface area contributed by atoms with Crippen molar-refractivity contribution >= 4 is 29.2 Å². The summed E-state index contributed by atoms with van der Waals surface area (Å²) < 4.78 is 5.18. The summed E-state index contributed by atoms with van der Waals surface area (Å²) in [5.41, 5.74) is 7.33. The predicted molar refractivity (Wildman–Crippen MR) is 104 cm³/mol. The molecule has 1 aromatic carbocycles. The van der Waals surface area contributed by atoms with Gasteiger partial charge in [0, 0.05) is 24.1 Å². The molecule has 1 aromatic rings. The number of rotatable bonds is 11. The van der Waals surface area contributed by atoms with Crippen LogP contribution in [0.5, 0.6) is 0 Å². The van der Waals surface area contributed by atoms with Gasteiger partial charge in [0.05, 0.1) is 4.92 Å². The lowest BCUT2D eigenvalue weighted by atomic mass is 9.83. The molecule has 0 radical (unpaired) electrons. The van der Waals surface area contributed by atoms with Crippen LogP contribution in [0.25, 0.3) is 5.53 Å². The van der Waals surface area contributed by atoms with Gasteiger partial charge in [-0.25, -0.2) is 4.79 Å². The number of nitrogens with one attached hydrogen (secondary N) is 1. The number of esters is 1. The molecule has 1 heterocycles. The first-order valence-electron chi connectivity index (χ1n) is 9.85. The van der Waals surface area contributed by atoms with Crippen LogP contribution in [0.3, 0.4) is 0 Å². The summed E-state index contributed by atoms with van der Waals surface area (Å²) in [4.78, 5) is 47.5. The Hall–Kier alpha value is -3.59. The largest absolute Gasteiger partial charge is 0.538 e. The summed E-state index contributed by atoms with van der Waals surface area (Å²) in [5, 5.41) is 24.5. The van der Waals surface area contributed by atoms with Crippen molar-refractivity contribution in [3.05, 3.63) is 45.5 Å². The Morgan fingerprint density at radius 1 is 1.29 bits per heavy atom. The van der Waals surface area contributed by atoms with Gasteiger partial charge in [0.2, 0.25) is 5.91 Å². The molecular formula is C20H23N4O7-. The average Bonchev–Trinajstić information content (AvgIpc) is 3.05. The van der Waals surface area contributed by atoms with Crippen LogP contribution in [-0.4, -0.2) is 39.8 Å². The van der Waals surface area contributed by atoms with Crippen molar-refractivity contribution in [3.8, 4) is 0 Å². The normalized spacial score (nSPS) is 18.5. The molecule has 0 spiro atoms. The molecule has 11 nitrogen and oxygen atoms in total. The molecule has 2 unspecified atom stereocenters. The highest BCUT2D eigenvalue weighted by Gasteiger charge is 2.36. The first-order valence-corrected chi connectivity index (χ1v) is 9.85. The van der Waals surface area contributed by atoms with Crippen LogP contribution in [0, 0.1) is 15.5 Å². The molecule has 1 N–H and O–H groups in total. The zero-order valence-electron chi connectivity index (χ0n) is 17.0. The van der Waals surface area contributed by atoms with Crippen LogP contribution >= 0.6 is 0 Å². The van der Waals surface area contributed by atoms with Gasteiger partial charge in [-0.15, -0.1) is 0 Å². The lowest BCUT2D eigenvalue weighted by molar-refractivity contribution is -0.384. The van der Waals surface area contributed by atoms with Crippen molar-refractivity contribution in [2.24, 2.45) is 5.41 Å². The minimum absolute atomic E-state index is 0.0447. The second-order valence-electron chi connectivity index (χ2n) is 7.64. The van der Waals surface area contributed by atoms with Crippen molar-refractivity contribution in [2.45, 2.75) is 51.6 Å². The molecule has 1 fully saturated rings. The van der Waals surface area contributed by atoms with Gasteiger partial charge in [0.25, 0.3) is 5.69 Å². The molecule has 1 aliphatic rings. The second-order valence-corrected chi connectivity index (χ2v) is 7.64. The van der Waals surface area contributed by atoms with E-state index < -0.39 is 28.7 Å². The fourth-order valence-electron chi connectivity index (χ4n) is 3.49. The number of nitro groups is 1. The Bertz CT molecular complexity index is 909. The van der Waals surface area contributed by atoms with Gasteiger partial charge in [-0.2, -0.15) is 4.79 Å². The third-order valence-electron chi connectivity index (χ3n) is 5.42. The molecule has 0 aliphatic carbocycles. The minimum Gasteiger partial charge on any atom is -0.538 e. The van der Waals surface area contributed by atoms with Gasteiger partial charge >= 0.3 is 11.7 Å². The van der Waals surface area contributed by atoms with E-state index in [9.17, 15) is 29.6 Å². The maximum absolute atomic E-state index is 12.0. The van der Waals surface area contributed by atoms with Crippen LogP contribution in [0.2, 0.25) is 0 Å². The van der Waals surface area contributed by atoms with E-state index in [1.165, 1.54) is 24.3 Å². The SMILES string of the molecule is CC1(CCCCCC(OC(=O)C(=[N+]=[N-])C(=O)[O-])c2ccc([N+](=O)[O-])cc2)CCNC1=O. The monoisotopic (exact) mass is 431 g/mol. The van der Waals surface area contributed by atoms with Gasteiger partial charge < -0.3 is 25.5 Å². The number of carboxylic acid groups (broad SMARTS) is 1. The third-order valence-corrected chi connectivity index (χ3v) is 5.42. The Labute approximate surface area is 178 Å². The van der Waals surface area contributed by atoms with Gasteiger partial charge in [-0.05, 0) is 43.4 Å². The Morgan fingerprint density at radius 2 is 1.97 bits per heavy atom. The number of hydrogen-bond acceptors (Lipinski definition) is 7. The highest BCUT2D eigenvalue weighted by Crippen LogP contribution is 2.33. The number of nitro benzene ring substituents is 1. The highest BCUT2D eigenvalue weighted by atomic mass is 16.6. The second kappa shape index (κ2) is 10.4. The van der Waals surface area contributed by atoms with Gasteiger partial charge in [-0.1, -0.05) is 19.8 Å². The van der Waals surface area contributed by atoms with E-state index in [4.69, 9.17) is 10.3 Å². The fourth-order valence-corrected chi connectivity index (χ4v) is 3.49. The Kier molecular flexibility index (Phi) is 7.98. The van der Waals surface area contributed by atoms with E-state index in [-0.39, 0.29) is 17.0 Å². The summed E-state index contributed by atoms with van der Waals surface area (Å²) in [6.45, 7) is 2.59. The molecule has 1 amide bonds. The molecule has 0 aromatic heterocycles. The highest BCUT2D eigenvalue weighted by molar-refractivity contribution is 6.59. The molecular weight excluding hydrogens is 408 g/mol. The van der Waals surface area contributed by atoms with Crippen LogP contribution in [-0.2, 0) is 19.1 Å². The zero-order valence-corrected chi connectivity index (χ0v) is 17.0. The van der Waals surface area contributed by atoms with Crippen molar-refractivity contribution in [1.29, 1.82) is 0 Å². The molecule has 1 aliphatic heterocycles. The van der Waals surface area contributed by atoms with Crippen LogP contribution < -0.4 is 10.4 Å². The Balaban J connectivity index is 2.02. The topological polar surface area (TPSA) is 175 Å². The first-order chi connectivity index (χ1) is 14.7. The summed E-state index contributed by atoms with van der Waals surface area (Å²) in [6.07, 6.45) is 2.98. The van der Waals surface area contributed by atoms with Crippen LogP contribution in [0.15, 0.2) is 24.3 Å². The number of ether oxygens (including phenoxy) is 1. The van der Waals surface area contributed by atoms with Crippen molar-refractivity contribution < 1.29 is 33.9 Å². The lowest BCUT2D eigenvalue weighted by Crippen LogP contribution is -2.39. The standard InChI is InChI=1S/C20H24N4O7/c1-20(11-12-22-19(20)28)10-4-2-3-5-15(31-18(27)16(23-21)17(25)26)13-6-8-14(9-7-13)24(29)30/h6-9,15H,2-5,10-12H2,1H3,(H,22,28)(H,25,26)/p-1. The number of non-ortho nitro benzene ring substituents is 1. The number of carbonyl (C=O) groups is 3. The van der Waals surface area contributed by atoms with Crippen molar-refractivity contribution in [3.63, 3.8) is 0 Å². The van der Waals surface area contributed by atoms with Crippen molar-refractivity contribution in [2.75, 3.05) is 6.54 Å². The fraction of sp³-hybridized carbons (Fsp3) is 0.500. The molecule has 2 atom stereocenters. The maximum Gasteiger partial charge on any atom is 0.424 e. The predicted octanol–water partition coefficient (Wildman–Crippen LogP) is 1.08. The van der Waals surface area contributed by atoms with Gasteiger partial charge in [0.1, 0.15) is 6.10 Å². The smallest absolute Gasteiger partial charge is 0.424 e. The summed E-state index contributed by atoms with van der Waals surface area (Å²) in [6, 6.07) is 5.31. The average molecular weight is 431 g/mol. The number of nitrogens with zero attached hydrogens (tertiary/aromatic N) is 3. The molecule has 166 valence electrons. The summed E-state index contributed by atoms with van der Waals surface area (Å²) in [7, 11) is 0. The van der Waals surface area contributed by atoms with E-state index in [0.717, 1.165) is 19.3 Å². The van der Waals surface area contributed by atoms with E-state index in [1.807, 2.05) is 6.92 Å². The zero-order chi connectivity index (χ0) is 23.0. The maximum atomic E-state index is 12.0. The van der Waals surface area contributed by atoms with E-state index in [2.05, 4.69) is 10.1 Å². The van der Waals surface area contributed by atoms with Crippen molar-refractivity contribution in [1.82, 2.24) is 5.32 Å². The number of hydrogen-bond donors (Lipinski definition) is 1. The third kappa shape index (κ3) is 6.19. The molecule has 0 saturated carbocycles. The number of benzene rings is 1. The first kappa shape index (κ1) is 23.7. The number of aliphatic carboxylic acids is 1. The molecule has 1 saturated heterocycles. The number of amides is 1. The van der Waals surface area contributed by atoms with E-state index >= 15 is 0 Å². The van der Waals surface area contributed by atoms with E-state index in [0.29, 0.717) is 31.4 Å². The van der Waals surface area contributed by atoms with Gasteiger partial charge in [-0.3, -0.25) is 14.9 Å². The van der Waals surface area contributed by atoms with Gasteiger partial charge in [0.15, 0.2) is 5.97 Å². The quantitative estimate of drug-likeness (QED) is 0.0796. The minimum atomic E-state index is -1.99. The summed E-state index contributed by atoms with van der Waals surface area (Å²) >= 11 is 0. The molecule has 2 rings (SSSR count). The number of unbranched alkanes of at least 4 members (excludes halogenated alkanes) is 2. The van der Waals surface area contributed by atoms with E-state index in [1.54, 1.807) is 0 Å². The number of carbonyl (C=O) groups excluding carboxylic acids is 3. The Morgan fingerprint density at radius 3 is 2.48 bits per heavy atom. The number of carboxylic acids is 1. The lowest BCUT2D eigenvalue weighted by Gasteiger charge is -2.20.